The molecule has 0 amide bonds. The minimum absolute atomic E-state index is 0.673. The van der Waals surface area contributed by atoms with E-state index < -0.39 is 0 Å². The van der Waals surface area contributed by atoms with Gasteiger partial charge in [0.2, 0.25) is 0 Å². The molecule has 0 spiro atoms. The molecule has 22 heavy (non-hydrogen) atoms. The largest absolute Gasteiger partial charge is 0.493 e. The monoisotopic (exact) mass is 293 g/mol. The summed E-state index contributed by atoms with van der Waals surface area (Å²) in [5, 5.41) is 1.14. The smallest absolute Gasteiger partial charge is 0.163 e. The molecule has 4 aromatic rings. The van der Waals surface area contributed by atoms with Gasteiger partial charge in [0.25, 0.3) is 0 Å². The number of aromatic amines is 2. The number of para-hydroxylation sites is 1. The van der Waals surface area contributed by atoms with Crippen molar-refractivity contribution in [2.45, 2.75) is 0 Å². The Morgan fingerprint density at radius 1 is 0.955 bits per heavy atom. The van der Waals surface area contributed by atoms with Crippen molar-refractivity contribution in [3.8, 4) is 22.9 Å². The fourth-order valence-corrected chi connectivity index (χ4v) is 2.73. The lowest BCUT2D eigenvalue weighted by Crippen LogP contribution is -1.89. The van der Waals surface area contributed by atoms with Crippen LogP contribution in [-0.4, -0.2) is 29.2 Å². The van der Waals surface area contributed by atoms with Crippen molar-refractivity contribution in [2.75, 3.05) is 14.2 Å². The number of hydrogen-bond acceptors (Lipinski definition) is 3. The number of hydrogen-bond donors (Lipinski definition) is 2. The van der Waals surface area contributed by atoms with Crippen LogP contribution in [0.4, 0.5) is 0 Å². The van der Waals surface area contributed by atoms with Gasteiger partial charge in [-0.15, -0.1) is 0 Å². The highest BCUT2D eigenvalue weighted by Crippen LogP contribution is 2.34. The SMILES string of the molecule is COc1cc2nc(-c3c[nH]c4ccccc34)[nH]c2cc1OC. The summed E-state index contributed by atoms with van der Waals surface area (Å²) in [6.07, 6.45) is 1.97. The Hall–Kier alpha value is -2.95. The van der Waals surface area contributed by atoms with E-state index in [9.17, 15) is 0 Å². The summed E-state index contributed by atoms with van der Waals surface area (Å²) in [7, 11) is 3.25. The van der Waals surface area contributed by atoms with Crippen molar-refractivity contribution in [1.29, 1.82) is 0 Å². The second-order valence-electron chi connectivity index (χ2n) is 5.06. The molecule has 5 nitrogen and oxygen atoms in total. The third-order valence-corrected chi connectivity index (χ3v) is 3.83. The van der Waals surface area contributed by atoms with E-state index >= 15 is 0 Å². The van der Waals surface area contributed by atoms with Crippen LogP contribution in [0.15, 0.2) is 42.6 Å². The molecular formula is C17H15N3O2. The maximum atomic E-state index is 5.34. The average Bonchev–Trinajstić information content (AvgIpc) is 3.16. The van der Waals surface area contributed by atoms with Crippen LogP contribution in [0.5, 0.6) is 11.5 Å². The van der Waals surface area contributed by atoms with Crippen LogP contribution in [0.1, 0.15) is 0 Å². The molecule has 2 aromatic carbocycles. The van der Waals surface area contributed by atoms with Gasteiger partial charge in [0.1, 0.15) is 5.82 Å². The predicted molar refractivity (Wildman–Crippen MR) is 86.5 cm³/mol. The Labute approximate surface area is 126 Å². The third kappa shape index (κ3) is 1.83. The highest BCUT2D eigenvalue weighted by Gasteiger charge is 2.13. The second kappa shape index (κ2) is 4.80. The fourth-order valence-electron chi connectivity index (χ4n) is 2.73. The zero-order chi connectivity index (χ0) is 15.1. The van der Waals surface area contributed by atoms with Gasteiger partial charge in [-0.25, -0.2) is 4.98 Å². The Balaban J connectivity index is 1.92. The van der Waals surface area contributed by atoms with E-state index in [1.54, 1.807) is 14.2 Å². The zero-order valence-electron chi connectivity index (χ0n) is 12.3. The topological polar surface area (TPSA) is 62.9 Å². The van der Waals surface area contributed by atoms with Crippen molar-refractivity contribution in [1.82, 2.24) is 15.0 Å². The molecule has 0 bridgehead atoms. The summed E-state index contributed by atoms with van der Waals surface area (Å²) in [5.74, 6) is 2.18. The minimum Gasteiger partial charge on any atom is -0.493 e. The maximum Gasteiger partial charge on any atom is 0.163 e. The highest BCUT2D eigenvalue weighted by atomic mass is 16.5. The molecule has 110 valence electrons. The van der Waals surface area contributed by atoms with Gasteiger partial charge in [-0.05, 0) is 6.07 Å². The van der Waals surface area contributed by atoms with E-state index in [0.29, 0.717) is 11.5 Å². The molecule has 5 heteroatoms. The van der Waals surface area contributed by atoms with Gasteiger partial charge in [-0.3, -0.25) is 0 Å². The van der Waals surface area contributed by atoms with Gasteiger partial charge in [-0.2, -0.15) is 0 Å². The summed E-state index contributed by atoms with van der Waals surface area (Å²) in [4.78, 5) is 11.3. The lowest BCUT2D eigenvalue weighted by Gasteiger charge is -2.06. The maximum absolute atomic E-state index is 5.34. The van der Waals surface area contributed by atoms with Crippen molar-refractivity contribution in [2.24, 2.45) is 0 Å². The molecule has 0 aliphatic carbocycles. The first-order chi connectivity index (χ1) is 10.8. The quantitative estimate of drug-likeness (QED) is 0.605. The van der Waals surface area contributed by atoms with Crippen LogP contribution < -0.4 is 9.47 Å². The summed E-state index contributed by atoms with van der Waals surface area (Å²) >= 11 is 0. The summed E-state index contributed by atoms with van der Waals surface area (Å²) in [6, 6.07) is 11.9. The first kappa shape index (κ1) is 12.8. The Morgan fingerprint density at radius 3 is 2.55 bits per heavy atom. The van der Waals surface area contributed by atoms with Gasteiger partial charge in [0.15, 0.2) is 11.5 Å². The minimum atomic E-state index is 0.673. The van der Waals surface area contributed by atoms with Crippen LogP contribution in [0.25, 0.3) is 33.3 Å². The van der Waals surface area contributed by atoms with Crippen molar-refractivity contribution in [3.05, 3.63) is 42.6 Å². The fraction of sp³-hybridized carbons (Fsp3) is 0.118. The molecule has 0 saturated carbocycles. The van der Waals surface area contributed by atoms with E-state index in [4.69, 9.17) is 9.47 Å². The molecule has 0 aliphatic heterocycles. The molecular weight excluding hydrogens is 278 g/mol. The third-order valence-electron chi connectivity index (χ3n) is 3.83. The number of H-pyrrole nitrogens is 2. The van der Waals surface area contributed by atoms with E-state index in [0.717, 1.165) is 33.3 Å². The van der Waals surface area contributed by atoms with E-state index in [1.165, 1.54) is 0 Å². The molecule has 2 aromatic heterocycles. The van der Waals surface area contributed by atoms with Gasteiger partial charge < -0.3 is 19.4 Å². The second-order valence-corrected chi connectivity index (χ2v) is 5.06. The van der Waals surface area contributed by atoms with Crippen molar-refractivity contribution < 1.29 is 9.47 Å². The van der Waals surface area contributed by atoms with Crippen molar-refractivity contribution >= 4 is 21.9 Å². The number of fused-ring (bicyclic) bond motifs is 2. The lowest BCUT2D eigenvalue weighted by atomic mass is 10.2. The van der Waals surface area contributed by atoms with Crippen LogP contribution >= 0.6 is 0 Å². The molecule has 0 saturated heterocycles. The van der Waals surface area contributed by atoms with Crippen LogP contribution in [0.3, 0.4) is 0 Å². The number of benzene rings is 2. The van der Waals surface area contributed by atoms with Crippen LogP contribution in [0.2, 0.25) is 0 Å². The number of rotatable bonds is 3. The van der Waals surface area contributed by atoms with Gasteiger partial charge in [-0.1, -0.05) is 18.2 Å². The molecule has 0 atom stereocenters. The lowest BCUT2D eigenvalue weighted by molar-refractivity contribution is 0.356. The molecule has 0 unspecified atom stereocenters. The van der Waals surface area contributed by atoms with E-state index in [1.807, 2.05) is 36.5 Å². The standard InChI is InChI=1S/C17H15N3O2/c1-21-15-7-13-14(8-16(15)22-2)20-17(19-13)11-9-18-12-6-4-3-5-10(11)12/h3-9,18H,1-2H3,(H,19,20). The number of imidazole rings is 1. The Kier molecular flexibility index (Phi) is 2.79. The van der Waals surface area contributed by atoms with Crippen LogP contribution in [0, 0.1) is 0 Å². The zero-order valence-corrected chi connectivity index (χ0v) is 12.3. The highest BCUT2D eigenvalue weighted by molar-refractivity contribution is 5.95. The average molecular weight is 293 g/mol. The molecule has 4 rings (SSSR count). The Bertz CT molecular complexity index is 928. The molecule has 0 aliphatic rings. The van der Waals surface area contributed by atoms with Gasteiger partial charge >= 0.3 is 0 Å². The predicted octanol–water partition coefficient (Wildman–Crippen LogP) is 3.73. The number of nitrogens with one attached hydrogen (secondary N) is 2. The van der Waals surface area contributed by atoms with Gasteiger partial charge in [0.05, 0.1) is 25.3 Å². The Morgan fingerprint density at radius 2 is 1.73 bits per heavy atom. The molecule has 0 fully saturated rings. The number of ether oxygens (including phenoxy) is 2. The van der Waals surface area contributed by atoms with Crippen molar-refractivity contribution in [3.63, 3.8) is 0 Å². The number of nitrogens with zero attached hydrogens (tertiary/aromatic N) is 1. The number of methoxy groups -OCH3 is 2. The summed E-state index contributed by atoms with van der Waals surface area (Å²) in [5.41, 5.74) is 3.90. The first-order valence-electron chi connectivity index (χ1n) is 6.98. The summed E-state index contributed by atoms with van der Waals surface area (Å²) in [6.45, 7) is 0. The van der Waals surface area contributed by atoms with E-state index in [-0.39, 0.29) is 0 Å². The molecule has 2 N–H and O–H groups in total. The summed E-state index contributed by atoms with van der Waals surface area (Å²) < 4.78 is 10.7. The normalized spacial score (nSPS) is 11.2. The molecule has 0 radical (unpaired) electrons. The first-order valence-corrected chi connectivity index (χ1v) is 6.98. The number of aromatic nitrogens is 3. The van der Waals surface area contributed by atoms with Crippen LogP contribution in [-0.2, 0) is 0 Å². The molecule has 2 heterocycles. The van der Waals surface area contributed by atoms with Gasteiger partial charge in [0, 0.05) is 34.8 Å². The van der Waals surface area contributed by atoms with E-state index in [2.05, 4.69) is 21.0 Å².